The molecule has 2 rings (SSSR count). The molecule has 0 spiro atoms. The number of hydrogen-bond donors (Lipinski definition) is 1. The zero-order valence-corrected chi connectivity index (χ0v) is 12.8. The van der Waals surface area contributed by atoms with Crippen molar-refractivity contribution < 1.29 is 0 Å². The average molecular weight is 298 g/mol. The van der Waals surface area contributed by atoms with Crippen LogP contribution >= 0.6 is 23.2 Å². The standard InChI is InChI=1S/C14H17Cl2N3/c1-8(17)13-9(2)18-19(10(13)3)7-11-5-4-6-12(15)14(11)16/h4-6,8H,7,17H2,1-3H3. The number of nitrogens with two attached hydrogens (primary N) is 1. The average Bonchev–Trinajstić information content (AvgIpc) is 2.60. The minimum atomic E-state index is -0.0245. The third-order valence-electron chi connectivity index (χ3n) is 3.24. The summed E-state index contributed by atoms with van der Waals surface area (Å²) in [4.78, 5) is 0. The summed E-state index contributed by atoms with van der Waals surface area (Å²) < 4.78 is 1.92. The number of halogens is 2. The molecule has 0 bridgehead atoms. The lowest BCUT2D eigenvalue weighted by Gasteiger charge is -2.09. The number of hydrogen-bond acceptors (Lipinski definition) is 2. The molecule has 1 heterocycles. The largest absolute Gasteiger partial charge is 0.324 e. The fraction of sp³-hybridized carbons (Fsp3) is 0.357. The highest BCUT2D eigenvalue weighted by Gasteiger charge is 2.15. The molecule has 0 aliphatic heterocycles. The van der Waals surface area contributed by atoms with E-state index in [2.05, 4.69) is 5.10 Å². The SMILES string of the molecule is Cc1nn(Cc2cccc(Cl)c2Cl)c(C)c1C(C)N. The van der Waals surface area contributed by atoms with E-state index in [9.17, 15) is 0 Å². The maximum Gasteiger partial charge on any atom is 0.0677 e. The van der Waals surface area contributed by atoms with Crippen LogP contribution in [0.5, 0.6) is 0 Å². The smallest absolute Gasteiger partial charge is 0.0677 e. The number of aryl methyl sites for hydroxylation is 1. The lowest BCUT2D eigenvalue weighted by Crippen LogP contribution is -2.09. The molecule has 0 radical (unpaired) electrons. The molecule has 0 aliphatic carbocycles. The first-order valence-electron chi connectivity index (χ1n) is 6.14. The molecule has 1 aromatic heterocycles. The Kier molecular flexibility index (Phi) is 4.19. The summed E-state index contributed by atoms with van der Waals surface area (Å²) in [5.41, 5.74) is 10.1. The van der Waals surface area contributed by atoms with Gasteiger partial charge in [-0.2, -0.15) is 5.10 Å². The van der Waals surface area contributed by atoms with E-state index >= 15 is 0 Å². The van der Waals surface area contributed by atoms with Crippen molar-refractivity contribution in [2.45, 2.75) is 33.4 Å². The summed E-state index contributed by atoms with van der Waals surface area (Å²) in [7, 11) is 0. The van der Waals surface area contributed by atoms with Crippen LogP contribution in [0.3, 0.4) is 0 Å². The van der Waals surface area contributed by atoms with E-state index in [1.54, 1.807) is 6.07 Å². The normalized spacial score (nSPS) is 12.7. The molecule has 1 aromatic carbocycles. The second kappa shape index (κ2) is 5.53. The van der Waals surface area contributed by atoms with Gasteiger partial charge in [-0.15, -0.1) is 0 Å². The summed E-state index contributed by atoms with van der Waals surface area (Å²) in [5, 5.41) is 5.68. The van der Waals surface area contributed by atoms with E-state index in [1.165, 1.54) is 0 Å². The first-order chi connectivity index (χ1) is 8.91. The van der Waals surface area contributed by atoms with Gasteiger partial charge in [0.2, 0.25) is 0 Å². The molecular weight excluding hydrogens is 281 g/mol. The lowest BCUT2D eigenvalue weighted by atomic mass is 10.1. The second-order valence-electron chi connectivity index (χ2n) is 4.74. The third-order valence-corrected chi connectivity index (χ3v) is 4.10. The summed E-state index contributed by atoms with van der Waals surface area (Å²) in [6.45, 7) is 6.56. The molecule has 1 unspecified atom stereocenters. The van der Waals surface area contributed by atoms with Crippen molar-refractivity contribution in [3.8, 4) is 0 Å². The molecule has 2 aromatic rings. The van der Waals surface area contributed by atoms with Crippen LogP contribution in [0, 0.1) is 13.8 Å². The van der Waals surface area contributed by atoms with Crippen LogP contribution in [0.1, 0.15) is 35.5 Å². The van der Waals surface area contributed by atoms with Crippen LogP contribution in [0.25, 0.3) is 0 Å². The molecular formula is C14H17Cl2N3. The van der Waals surface area contributed by atoms with Gasteiger partial charge in [-0.1, -0.05) is 35.3 Å². The molecule has 2 N–H and O–H groups in total. The highest BCUT2D eigenvalue weighted by Crippen LogP contribution is 2.27. The van der Waals surface area contributed by atoms with Crippen LogP contribution < -0.4 is 5.73 Å². The Bertz CT molecular complexity index is 603. The van der Waals surface area contributed by atoms with Gasteiger partial charge in [0.1, 0.15) is 0 Å². The molecule has 0 amide bonds. The van der Waals surface area contributed by atoms with Gasteiger partial charge in [-0.3, -0.25) is 4.68 Å². The number of aromatic nitrogens is 2. The molecule has 1 atom stereocenters. The summed E-state index contributed by atoms with van der Waals surface area (Å²) in [6.07, 6.45) is 0. The van der Waals surface area contributed by atoms with E-state index in [-0.39, 0.29) is 6.04 Å². The summed E-state index contributed by atoms with van der Waals surface area (Å²) in [5.74, 6) is 0. The van der Waals surface area contributed by atoms with Crippen molar-refractivity contribution >= 4 is 23.2 Å². The Balaban J connectivity index is 2.39. The van der Waals surface area contributed by atoms with E-state index in [0.29, 0.717) is 16.6 Å². The van der Waals surface area contributed by atoms with Crippen LogP contribution in [-0.2, 0) is 6.54 Å². The Morgan fingerprint density at radius 3 is 2.58 bits per heavy atom. The third kappa shape index (κ3) is 2.78. The summed E-state index contributed by atoms with van der Waals surface area (Å²) >= 11 is 12.2. The number of nitrogens with zero attached hydrogens (tertiary/aromatic N) is 2. The molecule has 0 aliphatic rings. The van der Waals surface area contributed by atoms with Crippen LogP contribution in [0.2, 0.25) is 10.0 Å². The Hall–Kier alpha value is -1.03. The Morgan fingerprint density at radius 1 is 1.32 bits per heavy atom. The van der Waals surface area contributed by atoms with Crippen molar-refractivity contribution in [3.63, 3.8) is 0 Å². The monoisotopic (exact) mass is 297 g/mol. The first kappa shape index (κ1) is 14.4. The fourth-order valence-corrected chi connectivity index (χ4v) is 2.74. The quantitative estimate of drug-likeness (QED) is 0.934. The predicted molar refractivity (Wildman–Crippen MR) is 79.9 cm³/mol. The van der Waals surface area contributed by atoms with Gasteiger partial charge >= 0.3 is 0 Å². The summed E-state index contributed by atoms with van der Waals surface area (Å²) in [6, 6.07) is 5.60. The first-order valence-corrected chi connectivity index (χ1v) is 6.89. The van der Waals surface area contributed by atoms with Gasteiger partial charge in [-0.25, -0.2) is 0 Å². The van der Waals surface area contributed by atoms with Crippen molar-refractivity contribution in [2.75, 3.05) is 0 Å². The van der Waals surface area contributed by atoms with Crippen LogP contribution in [0.4, 0.5) is 0 Å². The van der Waals surface area contributed by atoms with Gasteiger partial charge in [0, 0.05) is 17.3 Å². The van der Waals surface area contributed by atoms with Gasteiger partial charge in [0.05, 0.1) is 22.3 Å². The van der Waals surface area contributed by atoms with E-state index in [0.717, 1.165) is 22.5 Å². The van der Waals surface area contributed by atoms with Crippen molar-refractivity contribution in [1.29, 1.82) is 0 Å². The molecule has 102 valence electrons. The van der Waals surface area contributed by atoms with Crippen molar-refractivity contribution in [1.82, 2.24) is 9.78 Å². The molecule has 5 heteroatoms. The molecule has 0 saturated heterocycles. The molecule has 3 nitrogen and oxygen atoms in total. The van der Waals surface area contributed by atoms with Crippen molar-refractivity contribution in [3.05, 3.63) is 50.8 Å². The van der Waals surface area contributed by atoms with Gasteiger partial charge in [-0.05, 0) is 32.4 Å². The fourth-order valence-electron chi connectivity index (χ4n) is 2.36. The lowest BCUT2D eigenvalue weighted by molar-refractivity contribution is 0.656. The number of rotatable bonds is 3. The van der Waals surface area contributed by atoms with E-state index in [1.807, 2.05) is 37.6 Å². The van der Waals surface area contributed by atoms with Gasteiger partial charge in [0.25, 0.3) is 0 Å². The molecule has 19 heavy (non-hydrogen) atoms. The highest BCUT2D eigenvalue weighted by atomic mass is 35.5. The van der Waals surface area contributed by atoms with Crippen LogP contribution in [0.15, 0.2) is 18.2 Å². The topological polar surface area (TPSA) is 43.8 Å². The highest BCUT2D eigenvalue weighted by molar-refractivity contribution is 6.42. The maximum absolute atomic E-state index is 6.21. The Labute approximate surface area is 123 Å². The minimum Gasteiger partial charge on any atom is -0.324 e. The molecule has 0 saturated carbocycles. The maximum atomic E-state index is 6.21. The zero-order valence-electron chi connectivity index (χ0n) is 11.2. The van der Waals surface area contributed by atoms with E-state index in [4.69, 9.17) is 28.9 Å². The van der Waals surface area contributed by atoms with Crippen molar-refractivity contribution in [2.24, 2.45) is 5.73 Å². The minimum absolute atomic E-state index is 0.0245. The molecule has 0 fully saturated rings. The van der Waals surface area contributed by atoms with Gasteiger partial charge < -0.3 is 5.73 Å². The van der Waals surface area contributed by atoms with E-state index < -0.39 is 0 Å². The predicted octanol–water partition coefficient (Wildman–Crippen LogP) is 3.87. The van der Waals surface area contributed by atoms with Crippen LogP contribution in [-0.4, -0.2) is 9.78 Å². The Morgan fingerprint density at radius 2 is 2.00 bits per heavy atom. The van der Waals surface area contributed by atoms with Gasteiger partial charge in [0.15, 0.2) is 0 Å². The second-order valence-corrected chi connectivity index (χ2v) is 5.53. The zero-order chi connectivity index (χ0) is 14.2. The number of benzene rings is 1.